The van der Waals surface area contributed by atoms with Crippen molar-refractivity contribution in [2.75, 3.05) is 20.3 Å². The van der Waals surface area contributed by atoms with Crippen molar-refractivity contribution in [3.63, 3.8) is 0 Å². The lowest BCUT2D eigenvalue weighted by atomic mass is 9.89. The standard InChI is InChI=1S/C13H19NO2/c1-16-13-4-2-3-10(7-13)11-5-6-12(9-15)14-8-11/h2-4,7,11-12,14-15H,5-6,8-9H2,1H3. The lowest BCUT2D eigenvalue weighted by molar-refractivity contribution is 0.212. The molecule has 1 aliphatic rings. The molecule has 1 fully saturated rings. The Kier molecular flexibility index (Phi) is 3.80. The van der Waals surface area contributed by atoms with Crippen LogP contribution in [0.15, 0.2) is 24.3 Å². The van der Waals surface area contributed by atoms with Crippen LogP contribution in [0.25, 0.3) is 0 Å². The summed E-state index contributed by atoms with van der Waals surface area (Å²) < 4.78 is 5.23. The number of rotatable bonds is 3. The summed E-state index contributed by atoms with van der Waals surface area (Å²) in [5.74, 6) is 1.46. The summed E-state index contributed by atoms with van der Waals surface area (Å²) in [4.78, 5) is 0. The van der Waals surface area contributed by atoms with Gasteiger partial charge in [-0.1, -0.05) is 12.1 Å². The predicted octanol–water partition coefficient (Wildman–Crippen LogP) is 1.52. The van der Waals surface area contributed by atoms with E-state index in [1.165, 1.54) is 5.56 Å². The van der Waals surface area contributed by atoms with Crippen LogP contribution in [0.1, 0.15) is 24.3 Å². The lowest BCUT2D eigenvalue weighted by Gasteiger charge is -2.29. The van der Waals surface area contributed by atoms with Gasteiger partial charge in [-0.25, -0.2) is 0 Å². The molecule has 0 amide bonds. The molecule has 0 aliphatic carbocycles. The van der Waals surface area contributed by atoms with Crippen molar-refractivity contribution in [1.82, 2.24) is 5.32 Å². The molecule has 2 unspecified atom stereocenters. The van der Waals surface area contributed by atoms with E-state index >= 15 is 0 Å². The number of aliphatic hydroxyl groups is 1. The molecule has 88 valence electrons. The topological polar surface area (TPSA) is 41.5 Å². The molecule has 0 radical (unpaired) electrons. The van der Waals surface area contributed by atoms with Crippen molar-refractivity contribution in [3.8, 4) is 5.75 Å². The van der Waals surface area contributed by atoms with E-state index in [9.17, 15) is 0 Å². The Bertz CT molecular complexity index is 332. The molecule has 2 atom stereocenters. The Hall–Kier alpha value is -1.06. The van der Waals surface area contributed by atoms with Crippen LogP contribution in [0.5, 0.6) is 5.75 Å². The highest BCUT2D eigenvalue weighted by Crippen LogP contribution is 2.27. The number of benzene rings is 1. The Labute approximate surface area is 96.4 Å². The molecule has 0 bridgehead atoms. The van der Waals surface area contributed by atoms with Gasteiger partial charge in [0.25, 0.3) is 0 Å². The zero-order valence-electron chi connectivity index (χ0n) is 9.65. The first-order chi connectivity index (χ1) is 7.83. The van der Waals surface area contributed by atoms with Crippen molar-refractivity contribution in [3.05, 3.63) is 29.8 Å². The molecule has 0 saturated carbocycles. The normalized spacial score (nSPS) is 25.4. The van der Waals surface area contributed by atoms with Gasteiger partial charge in [-0.15, -0.1) is 0 Å². The Morgan fingerprint density at radius 1 is 1.44 bits per heavy atom. The monoisotopic (exact) mass is 221 g/mol. The minimum atomic E-state index is 0.241. The van der Waals surface area contributed by atoms with Crippen molar-refractivity contribution in [1.29, 1.82) is 0 Å². The second kappa shape index (κ2) is 5.32. The number of nitrogens with one attached hydrogen (secondary N) is 1. The van der Waals surface area contributed by atoms with Crippen LogP contribution in [0.3, 0.4) is 0 Å². The fourth-order valence-corrected chi connectivity index (χ4v) is 2.25. The van der Waals surface area contributed by atoms with Gasteiger partial charge in [-0.3, -0.25) is 0 Å². The SMILES string of the molecule is COc1cccc(C2CCC(CO)NC2)c1. The summed E-state index contributed by atoms with van der Waals surface area (Å²) in [6, 6.07) is 8.53. The second-order valence-electron chi connectivity index (χ2n) is 4.34. The van der Waals surface area contributed by atoms with Gasteiger partial charge in [0.2, 0.25) is 0 Å². The summed E-state index contributed by atoms with van der Waals surface area (Å²) in [6.45, 7) is 1.18. The molecule has 3 heteroatoms. The largest absolute Gasteiger partial charge is 0.497 e. The highest BCUT2D eigenvalue weighted by atomic mass is 16.5. The van der Waals surface area contributed by atoms with Gasteiger partial charge in [0, 0.05) is 12.6 Å². The van der Waals surface area contributed by atoms with Gasteiger partial charge in [-0.2, -0.15) is 0 Å². The Morgan fingerprint density at radius 3 is 2.94 bits per heavy atom. The van der Waals surface area contributed by atoms with Crippen molar-refractivity contribution < 1.29 is 9.84 Å². The Balaban J connectivity index is 2.02. The molecule has 16 heavy (non-hydrogen) atoms. The Morgan fingerprint density at radius 2 is 2.31 bits per heavy atom. The van der Waals surface area contributed by atoms with E-state index in [1.807, 2.05) is 12.1 Å². The van der Waals surface area contributed by atoms with E-state index in [0.29, 0.717) is 5.92 Å². The summed E-state index contributed by atoms with van der Waals surface area (Å²) in [7, 11) is 1.69. The fourth-order valence-electron chi connectivity index (χ4n) is 2.25. The first kappa shape index (κ1) is 11.4. The van der Waals surface area contributed by atoms with Crippen molar-refractivity contribution in [2.45, 2.75) is 24.8 Å². The summed E-state index contributed by atoms with van der Waals surface area (Å²) in [5.41, 5.74) is 1.32. The number of piperidine rings is 1. The molecular weight excluding hydrogens is 202 g/mol. The predicted molar refractivity (Wildman–Crippen MR) is 63.8 cm³/mol. The number of hydrogen-bond donors (Lipinski definition) is 2. The molecule has 1 aromatic carbocycles. The maximum Gasteiger partial charge on any atom is 0.119 e. The van der Waals surface area contributed by atoms with E-state index in [0.717, 1.165) is 25.1 Å². The van der Waals surface area contributed by atoms with Crippen LogP contribution in [-0.2, 0) is 0 Å². The maximum atomic E-state index is 9.05. The van der Waals surface area contributed by atoms with Gasteiger partial charge in [0.15, 0.2) is 0 Å². The van der Waals surface area contributed by atoms with Crippen LogP contribution >= 0.6 is 0 Å². The number of ether oxygens (including phenoxy) is 1. The molecule has 3 nitrogen and oxygen atoms in total. The van der Waals surface area contributed by atoms with Gasteiger partial charge in [0.1, 0.15) is 5.75 Å². The summed E-state index contributed by atoms with van der Waals surface area (Å²) in [6.07, 6.45) is 2.17. The molecule has 1 aromatic rings. The van der Waals surface area contributed by atoms with E-state index in [-0.39, 0.29) is 12.6 Å². The van der Waals surface area contributed by atoms with Gasteiger partial charge >= 0.3 is 0 Å². The number of methoxy groups -OCH3 is 1. The molecule has 2 rings (SSSR count). The van der Waals surface area contributed by atoms with Crippen LogP contribution < -0.4 is 10.1 Å². The first-order valence-electron chi connectivity index (χ1n) is 5.81. The van der Waals surface area contributed by atoms with Gasteiger partial charge in [0.05, 0.1) is 13.7 Å². The minimum absolute atomic E-state index is 0.241. The number of hydrogen-bond acceptors (Lipinski definition) is 3. The molecule has 1 heterocycles. The summed E-state index contributed by atoms with van der Waals surface area (Å²) in [5, 5.41) is 12.4. The average Bonchev–Trinajstić information content (AvgIpc) is 2.39. The van der Waals surface area contributed by atoms with Crippen LogP contribution in [0.4, 0.5) is 0 Å². The average molecular weight is 221 g/mol. The third kappa shape index (κ3) is 2.54. The third-order valence-corrected chi connectivity index (χ3v) is 3.30. The molecule has 0 aromatic heterocycles. The molecule has 2 N–H and O–H groups in total. The lowest BCUT2D eigenvalue weighted by Crippen LogP contribution is -2.40. The van der Waals surface area contributed by atoms with Gasteiger partial charge < -0.3 is 15.2 Å². The molecule has 1 saturated heterocycles. The van der Waals surface area contributed by atoms with E-state index in [1.54, 1.807) is 7.11 Å². The zero-order chi connectivity index (χ0) is 11.4. The summed E-state index contributed by atoms with van der Waals surface area (Å²) >= 11 is 0. The fraction of sp³-hybridized carbons (Fsp3) is 0.538. The first-order valence-corrected chi connectivity index (χ1v) is 5.81. The molecular formula is C13H19NO2. The molecule has 1 aliphatic heterocycles. The number of aliphatic hydroxyl groups excluding tert-OH is 1. The van der Waals surface area contributed by atoms with E-state index in [4.69, 9.17) is 9.84 Å². The van der Waals surface area contributed by atoms with Crippen LogP contribution in [0, 0.1) is 0 Å². The quantitative estimate of drug-likeness (QED) is 0.813. The van der Waals surface area contributed by atoms with Crippen molar-refractivity contribution in [2.24, 2.45) is 0 Å². The van der Waals surface area contributed by atoms with E-state index in [2.05, 4.69) is 17.4 Å². The van der Waals surface area contributed by atoms with E-state index < -0.39 is 0 Å². The minimum Gasteiger partial charge on any atom is -0.497 e. The highest BCUT2D eigenvalue weighted by Gasteiger charge is 2.21. The van der Waals surface area contributed by atoms with Crippen LogP contribution in [0.2, 0.25) is 0 Å². The smallest absolute Gasteiger partial charge is 0.119 e. The second-order valence-corrected chi connectivity index (χ2v) is 4.34. The van der Waals surface area contributed by atoms with Gasteiger partial charge in [-0.05, 0) is 36.5 Å². The third-order valence-electron chi connectivity index (χ3n) is 3.30. The van der Waals surface area contributed by atoms with Crippen LogP contribution in [-0.4, -0.2) is 31.4 Å². The maximum absolute atomic E-state index is 9.05. The molecule has 0 spiro atoms. The zero-order valence-corrected chi connectivity index (χ0v) is 9.65. The highest BCUT2D eigenvalue weighted by molar-refractivity contribution is 5.31. The van der Waals surface area contributed by atoms with Crippen molar-refractivity contribution >= 4 is 0 Å².